The molecule has 6 nitrogen and oxygen atoms in total. The molecular formula is C17H19N3O3. The van der Waals surface area contributed by atoms with Gasteiger partial charge in [-0.2, -0.15) is 0 Å². The number of nitrogens with one attached hydrogen (secondary N) is 1. The van der Waals surface area contributed by atoms with Gasteiger partial charge in [0, 0.05) is 24.7 Å². The van der Waals surface area contributed by atoms with E-state index in [0.29, 0.717) is 36.5 Å². The second-order valence-electron chi connectivity index (χ2n) is 5.17. The first kappa shape index (κ1) is 16.6. The van der Waals surface area contributed by atoms with Crippen LogP contribution in [0.4, 0.5) is 0 Å². The minimum Gasteiger partial charge on any atom is -0.481 e. The summed E-state index contributed by atoms with van der Waals surface area (Å²) >= 11 is 0. The highest BCUT2D eigenvalue weighted by molar-refractivity contribution is 5.95. The normalized spacial score (nSPS) is 10.3. The first-order valence-corrected chi connectivity index (χ1v) is 7.47. The van der Waals surface area contributed by atoms with Crippen LogP contribution in [0.1, 0.15) is 35.3 Å². The van der Waals surface area contributed by atoms with E-state index < -0.39 is 5.97 Å². The van der Waals surface area contributed by atoms with Crippen LogP contribution in [-0.4, -0.2) is 33.5 Å². The maximum absolute atomic E-state index is 12.1. The average Bonchev–Trinajstić information content (AvgIpc) is 2.54. The number of hydrogen-bond donors (Lipinski definition) is 2. The Kier molecular flexibility index (Phi) is 5.80. The van der Waals surface area contributed by atoms with Gasteiger partial charge in [0.15, 0.2) is 5.82 Å². The van der Waals surface area contributed by atoms with Crippen LogP contribution in [-0.2, 0) is 4.79 Å². The number of unbranched alkanes of at least 4 members (excludes halogenated alkanes) is 1. The Labute approximate surface area is 134 Å². The molecular weight excluding hydrogens is 294 g/mol. The molecule has 0 saturated carbocycles. The summed E-state index contributed by atoms with van der Waals surface area (Å²) in [7, 11) is 0. The van der Waals surface area contributed by atoms with Gasteiger partial charge in [0.2, 0.25) is 0 Å². The lowest BCUT2D eigenvalue weighted by molar-refractivity contribution is -0.137. The van der Waals surface area contributed by atoms with Crippen molar-refractivity contribution in [3.8, 4) is 11.4 Å². The fourth-order valence-corrected chi connectivity index (χ4v) is 2.11. The number of rotatable bonds is 7. The van der Waals surface area contributed by atoms with E-state index in [1.165, 1.54) is 6.20 Å². The molecule has 23 heavy (non-hydrogen) atoms. The second kappa shape index (κ2) is 8.03. The molecule has 1 aromatic heterocycles. The zero-order valence-electron chi connectivity index (χ0n) is 13.0. The first-order chi connectivity index (χ1) is 11.1. The van der Waals surface area contributed by atoms with Crippen molar-refractivity contribution >= 4 is 11.9 Å². The number of hydrogen-bond acceptors (Lipinski definition) is 4. The molecule has 1 aromatic carbocycles. The lowest BCUT2D eigenvalue weighted by Crippen LogP contribution is -2.25. The van der Waals surface area contributed by atoms with Crippen LogP contribution in [0, 0.1) is 6.92 Å². The van der Waals surface area contributed by atoms with Crippen molar-refractivity contribution in [2.75, 3.05) is 6.54 Å². The number of carboxylic acid groups (broad SMARTS) is 1. The third-order valence-corrected chi connectivity index (χ3v) is 3.36. The van der Waals surface area contributed by atoms with Crippen LogP contribution in [0.3, 0.4) is 0 Å². The number of amides is 1. The molecule has 0 fully saturated rings. The Morgan fingerprint density at radius 2 is 1.91 bits per heavy atom. The van der Waals surface area contributed by atoms with Gasteiger partial charge < -0.3 is 10.4 Å². The summed E-state index contributed by atoms with van der Waals surface area (Å²) in [5.74, 6) is -0.476. The predicted octanol–water partition coefficient (Wildman–Crippen LogP) is 2.44. The van der Waals surface area contributed by atoms with E-state index in [4.69, 9.17) is 5.11 Å². The molecule has 2 rings (SSSR count). The summed E-state index contributed by atoms with van der Waals surface area (Å²) in [6, 6.07) is 9.56. The smallest absolute Gasteiger partial charge is 0.303 e. The van der Waals surface area contributed by atoms with Crippen LogP contribution in [0.2, 0.25) is 0 Å². The van der Waals surface area contributed by atoms with E-state index in [-0.39, 0.29) is 12.3 Å². The van der Waals surface area contributed by atoms with E-state index in [9.17, 15) is 9.59 Å². The summed E-state index contributed by atoms with van der Waals surface area (Å²) in [5.41, 5.74) is 1.95. The number of carbonyl (C=O) groups excluding carboxylic acids is 1. The zero-order valence-corrected chi connectivity index (χ0v) is 13.0. The SMILES string of the molecule is Cc1nc(-c2ccccc2)ncc1C(=O)NCCCCC(=O)O. The molecule has 0 saturated heterocycles. The minimum absolute atomic E-state index is 0.115. The molecule has 1 amide bonds. The topological polar surface area (TPSA) is 92.2 Å². The van der Waals surface area contributed by atoms with Crippen molar-refractivity contribution < 1.29 is 14.7 Å². The van der Waals surface area contributed by atoms with Crippen molar-refractivity contribution in [2.45, 2.75) is 26.2 Å². The molecule has 0 atom stereocenters. The predicted molar refractivity (Wildman–Crippen MR) is 86.0 cm³/mol. The van der Waals surface area contributed by atoms with Gasteiger partial charge in [0.05, 0.1) is 11.3 Å². The molecule has 0 aliphatic carbocycles. The summed E-state index contributed by atoms with van der Waals surface area (Å²) in [5, 5.41) is 11.3. The fraction of sp³-hybridized carbons (Fsp3) is 0.294. The second-order valence-corrected chi connectivity index (χ2v) is 5.17. The van der Waals surface area contributed by atoms with Gasteiger partial charge in [-0.15, -0.1) is 0 Å². The van der Waals surface area contributed by atoms with Gasteiger partial charge in [0.1, 0.15) is 0 Å². The largest absolute Gasteiger partial charge is 0.481 e. The molecule has 0 unspecified atom stereocenters. The standard InChI is InChI=1S/C17H19N3O3/c1-12-14(17(23)18-10-6-5-9-15(21)22)11-19-16(20-12)13-7-3-2-4-8-13/h2-4,7-8,11H,5-6,9-10H2,1H3,(H,18,23)(H,21,22). The summed E-state index contributed by atoms with van der Waals surface area (Å²) in [4.78, 5) is 31.1. The number of aliphatic carboxylic acids is 1. The highest BCUT2D eigenvalue weighted by atomic mass is 16.4. The highest BCUT2D eigenvalue weighted by Gasteiger charge is 2.12. The van der Waals surface area contributed by atoms with Crippen LogP contribution < -0.4 is 5.32 Å². The maximum atomic E-state index is 12.1. The molecule has 2 N–H and O–H groups in total. The molecule has 6 heteroatoms. The van der Waals surface area contributed by atoms with Gasteiger partial charge in [-0.25, -0.2) is 9.97 Å². The molecule has 0 bridgehead atoms. The van der Waals surface area contributed by atoms with Gasteiger partial charge in [-0.1, -0.05) is 30.3 Å². The monoisotopic (exact) mass is 313 g/mol. The number of aromatic nitrogens is 2. The Hall–Kier alpha value is -2.76. The third kappa shape index (κ3) is 4.88. The molecule has 0 radical (unpaired) electrons. The van der Waals surface area contributed by atoms with Crippen LogP contribution >= 0.6 is 0 Å². The Bertz CT molecular complexity index is 687. The third-order valence-electron chi connectivity index (χ3n) is 3.36. The molecule has 0 spiro atoms. The number of benzene rings is 1. The van der Waals surface area contributed by atoms with E-state index in [1.54, 1.807) is 6.92 Å². The number of aryl methyl sites for hydroxylation is 1. The lowest BCUT2D eigenvalue weighted by Gasteiger charge is -2.08. The molecule has 1 heterocycles. The molecule has 2 aromatic rings. The molecule has 0 aliphatic rings. The number of carbonyl (C=O) groups is 2. The van der Waals surface area contributed by atoms with Gasteiger partial charge in [0.25, 0.3) is 5.91 Å². The Balaban J connectivity index is 1.95. The van der Waals surface area contributed by atoms with Crippen molar-refractivity contribution in [2.24, 2.45) is 0 Å². The lowest BCUT2D eigenvalue weighted by atomic mass is 10.2. The van der Waals surface area contributed by atoms with Gasteiger partial charge in [-0.05, 0) is 19.8 Å². The van der Waals surface area contributed by atoms with E-state index >= 15 is 0 Å². The number of nitrogens with zero attached hydrogens (tertiary/aromatic N) is 2. The van der Waals surface area contributed by atoms with Crippen LogP contribution in [0.15, 0.2) is 36.5 Å². The molecule has 120 valence electrons. The first-order valence-electron chi connectivity index (χ1n) is 7.47. The summed E-state index contributed by atoms with van der Waals surface area (Å²) in [6.07, 6.45) is 2.80. The fourth-order valence-electron chi connectivity index (χ4n) is 2.11. The quantitative estimate of drug-likeness (QED) is 0.766. The minimum atomic E-state index is -0.822. The average molecular weight is 313 g/mol. The van der Waals surface area contributed by atoms with E-state index in [2.05, 4.69) is 15.3 Å². The summed E-state index contributed by atoms with van der Waals surface area (Å²) < 4.78 is 0. The van der Waals surface area contributed by atoms with E-state index in [1.807, 2.05) is 30.3 Å². The van der Waals surface area contributed by atoms with Crippen molar-refractivity contribution in [1.82, 2.24) is 15.3 Å². The number of carboxylic acids is 1. The Morgan fingerprint density at radius 1 is 1.17 bits per heavy atom. The maximum Gasteiger partial charge on any atom is 0.303 e. The molecule has 0 aliphatic heterocycles. The highest BCUT2D eigenvalue weighted by Crippen LogP contribution is 2.15. The van der Waals surface area contributed by atoms with Crippen LogP contribution in [0.25, 0.3) is 11.4 Å². The van der Waals surface area contributed by atoms with E-state index in [0.717, 1.165) is 5.56 Å². The van der Waals surface area contributed by atoms with Crippen molar-refractivity contribution in [1.29, 1.82) is 0 Å². The van der Waals surface area contributed by atoms with Crippen LogP contribution in [0.5, 0.6) is 0 Å². The van der Waals surface area contributed by atoms with Crippen molar-refractivity contribution in [3.05, 3.63) is 47.8 Å². The Morgan fingerprint density at radius 3 is 2.57 bits per heavy atom. The van der Waals surface area contributed by atoms with Gasteiger partial charge in [-0.3, -0.25) is 9.59 Å². The zero-order chi connectivity index (χ0) is 16.7. The van der Waals surface area contributed by atoms with Crippen molar-refractivity contribution in [3.63, 3.8) is 0 Å². The summed E-state index contributed by atoms with van der Waals surface area (Å²) in [6.45, 7) is 2.21. The van der Waals surface area contributed by atoms with Gasteiger partial charge >= 0.3 is 5.97 Å².